The molecule has 2 aromatic rings. The lowest BCUT2D eigenvalue weighted by molar-refractivity contribution is -0.127. The van der Waals surface area contributed by atoms with Crippen LogP contribution in [0.4, 0.5) is 0 Å². The molecular formula is C19H19NO6. The van der Waals surface area contributed by atoms with Crippen LogP contribution >= 0.6 is 0 Å². The summed E-state index contributed by atoms with van der Waals surface area (Å²) in [5.74, 6) is 1.19. The number of fused-ring (bicyclic) bond motifs is 1. The summed E-state index contributed by atoms with van der Waals surface area (Å²) in [5, 5.41) is 2.81. The number of nitrogens with one attached hydrogen (secondary N) is 1. The summed E-state index contributed by atoms with van der Waals surface area (Å²) in [4.78, 5) is 23.6. The Morgan fingerprint density at radius 1 is 1.12 bits per heavy atom. The van der Waals surface area contributed by atoms with Gasteiger partial charge in [0.15, 0.2) is 17.6 Å². The second-order valence-electron chi connectivity index (χ2n) is 5.68. The fraction of sp³-hybridized carbons (Fsp3) is 0.263. The van der Waals surface area contributed by atoms with Crippen molar-refractivity contribution in [1.82, 2.24) is 5.32 Å². The number of ether oxygens (including phenoxy) is 4. The van der Waals surface area contributed by atoms with Gasteiger partial charge in [0.1, 0.15) is 5.75 Å². The van der Waals surface area contributed by atoms with Crippen molar-refractivity contribution in [1.29, 1.82) is 0 Å². The van der Waals surface area contributed by atoms with Gasteiger partial charge in [0, 0.05) is 6.54 Å². The van der Waals surface area contributed by atoms with E-state index in [9.17, 15) is 9.59 Å². The second kappa shape index (κ2) is 7.77. The van der Waals surface area contributed by atoms with Crippen LogP contribution in [0.2, 0.25) is 0 Å². The fourth-order valence-corrected chi connectivity index (χ4v) is 2.43. The highest BCUT2D eigenvalue weighted by atomic mass is 16.7. The van der Waals surface area contributed by atoms with Gasteiger partial charge in [0.2, 0.25) is 6.79 Å². The van der Waals surface area contributed by atoms with Gasteiger partial charge in [0.05, 0.1) is 12.7 Å². The van der Waals surface area contributed by atoms with Gasteiger partial charge in [-0.05, 0) is 48.9 Å². The predicted molar refractivity (Wildman–Crippen MR) is 92.3 cm³/mol. The topological polar surface area (TPSA) is 83.1 Å². The Morgan fingerprint density at radius 2 is 1.85 bits per heavy atom. The van der Waals surface area contributed by atoms with Crippen molar-refractivity contribution in [2.24, 2.45) is 0 Å². The highest BCUT2D eigenvalue weighted by Crippen LogP contribution is 2.32. The Labute approximate surface area is 150 Å². The van der Waals surface area contributed by atoms with Crippen molar-refractivity contribution in [3.05, 3.63) is 53.6 Å². The molecular weight excluding hydrogens is 338 g/mol. The predicted octanol–water partition coefficient (Wildman–Crippen LogP) is 2.29. The molecule has 0 aliphatic carbocycles. The van der Waals surface area contributed by atoms with E-state index in [0.717, 1.165) is 5.56 Å². The Morgan fingerprint density at radius 3 is 2.58 bits per heavy atom. The minimum absolute atomic E-state index is 0.213. The van der Waals surface area contributed by atoms with Crippen LogP contribution in [-0.2, 0) is 16.1 Å². The maximum absolute atomic E-state index is 12.2. The average Bonchev–Trinajstić information content (AvgIpc) is 3.13. The summed E-state index contributed by atoms with van der Waals surface area (Å²) in [6, 6.07) is 11.9. The maximum atomic E-state index is 12.2. The molecule has 1 amide bonds. The highest BCUT2D eigenvalue weighted by molar-refractivity contribution is 5.89. The van der Waals surface area contributed by atoms with E-state index in [-0.39, 0.29) is 12.7 Å². The zero-order valence-electron chi connectivity index (χ0n) is 14.5. The lowest BCUT2D eigenvalue weighted by Gasteiger charge is -2.15. The number of amides is 1. The maximum Gasteiger partial charge on any atom is 0.337 e. The summed E-state index contributed by atoms with van der Waals surface area (Å²) < 4.78 is 20.8. The number of benzene rings is 2. The van der Waals surface area contributed by atoms with Crippen LogP contribution in [-0.4, -0.2) is 31.9 Å². The van der Waals surface area contributed by atoms with Crippen LogP contribution < -0.4 is 19.5 Å². The van der Waals surface area contributed by atoms with Crippen molar-refractivity contribution in [2.45, 2.75) is 19.6 Å². The van der Waals surface area contributed by atoms with Crippen molar-refractivity contribution >= 4 is 11.9 Å². The first kappa shape index (κ1) is 17.6. The Balaban J connectivity index is 1.52. The molecule has 1 N–H and O–H groups in total. The minimum Gasteiger partial charge on any atom is -0.481 e. The van der Waals surface area contributed by atoms with Crippen LogP contribution in [0.3, 0.4) is 0 Å². The van der Waals surface area contributed by atoms with Gasteiger partial charge in [-0.25, -0.2) is 4.79 Å². The first-order valence-corrected chi connectivity index (χ1v) is 8.08. The van der Waals surface area contributed by atoms with Gasteiger partial charge in [-0.15, -0.1) is 0 Å². The van der Waals surface area contributed by atoms with Crippen LogP contribution in [0.1, 0.15) is 22.8 Å². The number of esters is 1. The molecule has 0 unspecified atom stereocenters. The first-order valence-electron chi connectivity index (χ1n) is 8.08. The molecule has 7 nitrogen and oxygen atoms in total. The summed E-state index contributed by atoms with van der Waals surface area (Å²) in [6.07, 6.45) is -0.687. The number of rotatable bonds is 6. The van der Waals surface area contributed by atoms with Crippen LogP contribution in [0.25, 0.3) is 0 Å². The number of hydrogen-bond acceptors (Lipinski definition) is 6. The summed E-state index contributed by atoms with van der Waals surface area (Å²) >= 11 is 0. The normalized spacial score (nSPS) is 13.0. The molecule has 0 saturated carbocycles. The molecule has 0 saturated heterocycles. The molecule has 1 aliphatic rings. The second-order valence-corrected chi connectivity index (χ2v) is 5.68. The molecule has 0 aromatic heterocycles. The molecule has 0 radical (unpaired) electrons. The smallest absolute Gasteiger partial charge is 0.337 e. The molecule has 26 heavy (non-hydrogen) atoms. The third-order valence-electron chi connectivity index (χ3n) is 3.86. The summed E-state index contributed by atoms with van der Waals surface area (Å²) in [6.45, 7) is 2.22. The van der Waals surface area contributed by atoms with E-state index in [0.29, 0.717) is 29.4 Å². The third-order valence-corrected chi connectivity index (χ3v) is 3.86. The minimum atomic E-state index is -0.687. The lowest BCUT2D eigenvalue weighted by Crippen LogP contribution is -2.35. The molecule has 1 aliphatic heterocycles. The molecule has 136 valence electrons. The van der Waals surface area contributed by atoms with E-state index in [1.54, 1.807) is 31.2 Å². The average molecular weight is 357 g/mol. The Bertz CT molecular complexity index is 802. The van der Waals surface area contributed by atoms with E-state index < -0.39 is 12.1 Å². The van der Waals surface area contributed by atoms with Gasteiger partial charge in [-0.2, -0.15) is 0 Å². The van der Waals surface area contributed by atoms with Gasteiger partial charge < -0.3 is 24.3 Å². The standard InChI is InChI=1S/C19H19NO6/c1-12(26-15-6-4-14(5-7-15)19(22)23-2)18(21)20-10-13-3-8-16-17(9-13)25-11-24-16/h3-9,12H,10-11H2,1-2H3,(H,20,21)/t12-/m1/s1. The van der Waals surface area contributed by atoms with E-state index in [2.05, 4.69) is 10.1 Å². The monoisotopic (exact) mass is 357 g/mol. The number of hydrogen-bond donors (Lipinski definition) is 1. The van der Waals surface area contributed by atoms with E-state index >= 15 is 0 Å². The SMILES string of the molecule is COC(=O)c1ccc(O[C@H](C)C(=O)NCc2ccc3c(c2)OCO3)cc1. The van der Waals surface area contributed by atoms with Crippen LogP contribution in [0.5, 0.6) is 17.2 Å². The number of methoxy groups -OCH3 is 1. The molecule has 3 rings (SSSR count). The first-order chi connectivity index (χ1) is 12.6. The molecule has 1 heterocycles. The van der Waals surface area contributed by atoms with Crippen molar-refractivity contribution in [3.63, 3.8) is 0 Å². The van der Waals surface area contributed by atoms with Gasteiger partial charge in [-0.3, -0.25) is 4.79 Å². The van der Waals surface area contributed by atoms with E-state index in [1.807, 2.05) is 18.2 Å². The Hall–Kier alpha value is -3.22. The zero-order valence-corrected chi connectivity index (χ0v) is 14.5. The zero-order chi connectivity index (χ0) is 18.5. The Kier molecular flexibility index (Phi) is 5.26. The van der Waals surface area contributed by atoms with Crippen molar-refractivity contribution < 1.29 is 28.5 Å². The number of carbonyl (C=O) groups excluding carboxylic acids is 2. The lowest BCUT2D eigenvalue weighted by atomic mass is 10.2. The molecule has 1 atom stereocenters. The molecule has 2 aromatic carbocycles. The van der Waals surface area contributed by atoms with Gasteiger partial charge in [0.25, 0.3) is 5.91 Å². The number of carbonyl (C=O) groups is 2. The van der Waals surface area contributed by atoms with Crippen molar-refractivity contribution in [3.8, 4) is 17.2 Å². The quantitative estimate of drug-likeness (QED) is 0.799. The van der Waals surface area contributed by atoms with Crippen LogP contribution in [0.15, 0.2) is 42.5 Å². The molecule has 0 fully saturated rings. The molecule has 0 spiro atoms. The van der Waals surface area contributed by atoms with Gasteiger partial charge in [-0.1, -0.05) is 6.07 Å². The van der Waals surface area contributed by atoms with E-state index in [4.69, 9.17) is 14.2 Å². The molecule has 0 bridgehead atoms. The summed E-state index contributed by atoms with van der Waals surface area (Å²) in [7, 11) is 1.32. The highest BCUT2D eigenvalue weighted by Gasteiger charge is 2.17. The van der Waals surface area contributed by atoms with Crippen LogP contribution in [0, 0.1) is 0 Å². The van der Waals surface area contributed by atoms with E-state index in [1.165, 1.54) is 7.11 Å². The largest absolute Gasteiger partial charge is 0.481 e. The van der Waals surface area contributed by atoms with Gasteiger partial charge >= 0.3 is 5.97 Å². The third kappa shape index (κ3) is 4.05. The molecule has 7 heteroatoms. The van der Waals surface area contributed by atoms with Crippen molar-refractivity contribution in [2.75, 3.05) is 13.9 Å². The fourth-order valence-electron chi connectivity index (χ4n) is 2.43. The summed E-state index contributed by atoms with van der Waals surface area (Å²) in [5.41, 5.74) is 1.32.